The van der Waals surface area contributed by atoms with E-state index in [1.165, 1.54) is 0 Å². The third-order valence-corrected chi connectivity index (χ3v) is 5.72. The number of rotatable bonds is 8. The quantitative estimate of drug-likeness (QED) is 0.336. The van der Waals surface area contributed by atoms with E-state index in [-0.39, 0.29) is 18.6 Å². The van der Waals surface area contributed by atoms with E-state index in [0.717, 1.165) is 11.1 Å². The fraction of sp³-hybridized carbons (Fsp3) is 0.333. The first-order valence-electron chi connectivity index (χ1n) is 9.12. The summed E-state index contributed by atoms with van der Waals surface area (Å²) in [5, 5.41) is 2.69. The number of nitrogens with one attached hydrogen (secondary N) is 1. The molecular weight excluding hydrogens is 487 g/mol. The Morgan fingerprint density at radius 1 is 1.14 bits per heavy atom. The minimum Gasteiger partial charge on any atom is -0.497 e. The molecule has 0 spiro atoms. The van der Waals surface area contributed by atoms with E-state index in [0.29, 0.717) is 22.5 Å². The van der Waals surface area contributed by atoms with Gasteiger partial charge in [-0.2, -0.15) is 0 Å². The summed E-state index contributed by atoms with van der Waals surface area (Å²) in [7, 11) is 3.17. The van der Waals surface area contributed by atoms with Crippen LogP contribution in [0.1, 0.15) is 11.1 Å². The second-order valence-electron chi connectivity index (χ2n) is 6.55. The summed E-state index contributed by atoms with van der Waals surface area (Å²) in [6.45, 7) is 0.562. The fourth-order valence-corrected chi connectivity index (χ4v) is 4.17. The number of hydrogen-bond donors (Lipinski definition) is 1. The van der Waals surface area contributed by atoms with Crippen LogP contribution in [0.25, 0.3) is 0 Å². The van der Waals surface area contributed by atoms with Crippen molar-refractivity contribution in [1.82, 2.24) is 10.2 Å². The molecule has 1 aliphatic rings. The number of alkyl halides is 1. The average Bonchev–Trinajstić information content (AvgIpc) is 2.77. The van der Waals surface area contributed by atoms with Crippen molar-refractivity contribution >= 4 is 34.6 Å². The molecule has 1 aliphatic heterocycles. The Kier molecular flexibility index (Phi) is 7.18. The number of halogens is 1. The van der Waals surface area contributed by atoms with Crippen molar-refractivity contribution < 1.29 is 23.8 Å². The summed E-state index contributed by atoms with van der Waals surface area (Å²) < 4.78 is 16.6. The molecule has 2 atom stereocenters. The highest BCUT2D eigenvalue weighted by Gasteiger charge is 2.47. The van der Waals surface area contributed by atoms with Crippen molar-refractivity contribution in [2.24, 2.45) is 0 Å². The molecule has 1 fully saturated rings. The van der Waals surface area contributed by atoms with Gasteiger partial charge in [0.1, 0.15) is 24.1 Å². The van der Waals surface area contributed by atoms with E-state index in [9.17, 15) is 9.59 Å². The van der Waals surface area contributed by atoms with Gasteiger partial charge in [0, 0.05) is 22.6 Å². The number of amides is 2. The maximum atomic E-state index is 12.7. The predicted molar refractivity (Wildman–Crippen MR) is 116 cm³/mol. The number of alkyl carbamates (subject to hydrolysis) is 1. The van der Waals surface area contributed by atoms with Crippen LogP contribution < -0.4 is 14.8 Å². The molecule has 8 heteroatoms. The van der Waals surface area contributed by atoms with Crippen LogP contribution in [0.4, 0.5) is 4.79 Å². The van der Waals surface area contributed by atoms with Gasteiger partial charge in [-0.3, -0.25) is 4.79 Å². The number of hydrogen-bond acceptors (Lipinski definition) is 5. The molecule has 154 valence electrons. The highest BCUT2D eigenvalue weighted by molar-refractivity contribution is 14.1. The van der Waals surface area contributed by atoms with Crippen LogP contribution in [0.3, 0.4) is 0 Å². The van der Waals surface area contributed by atoms with Crippen LogP contribution in [-0.2, 0) is 22.7 Å². The molecule has 29 heavy (non-hydrogen) atoms. The van der Waals surface area contributed by atoms with Crippen molar-refractivity contribution in [3.63, 3.8) is 0 Å². The van der Waals surface area contributed by atoms with Gasteiger partial charge >= 0.3 is 6.09 Å². The van der Waals surface area contributed by atoms with Crippen LogP contribution in [0, 0.1) is 0 Å². The van der Waals surface area contributed by atoms with Crippen LogP contribution in [0.2, 0.25) is 0 Å². The standard InChI is InChI=1S/C21H23IN2O5/c1-27-16-9-8-15(18(10-16)28-2)12-24-17(11-22)19(20(24)25)23-21(26)29-13-14-6-4-3-5-7-14/h3-10,17,19H,11-13H2,1-2H3,(H,23,26)/t17-,19+/m0/s1. The molecule has 3 rings (SSSR count). The van der Waals surface area contributed by atoms with Gasteiger partial charge in [-0.1, -0.05) is 52.9 Å². The lowest BCUT2D eigenvalue weighted by molar-refractivity contribution is -0.150. The van der Waals surface area contributed by atoms with Crippen LogP contribution >= 0.6 is 22.6 Å². The van der Waals surface area contributed by atoms with Gasteiger partial charge < -0.3 is 24.4 Å². The molecule has 0 aromatic heterocycles. The van der Waals surface area contributed by atoms with Crippen molar-refractivity contribution in [2.75, 3.05) is 18.6 Å². The van der Waals surface area contributed by atoms with E-state index in [1.807, 2.05) is 42.5 Å². The molecule has 0 radical (unpaired) electrons. The largest absolute Gasteiger partial charge is 0.497 e. The highest BCUT2D eigenvalue weighted by Crippen LogP contribution is 2.30. The molecule has 1 saturated heterocycles. The van der Waals surface area contributed by atoms with Gasteiger partial charge in [-0.15, -0.1) is 0 Å². The first-order chi connectivity index (χ1) is 14.1. The van der Waals surface area contributed by atoms with E-state index in [2.05, 4.69) is 27.9 Å². The number of nitrogens with zero attached hydrogens (tertiary/aromatic N) is 1. The molecule has 0 unspecified atom stereocenters. The summed E-state index contributed by atoms with van der Waals surface area (Å²) >= 11 is 2.22. The van der Waals surface area contributed by atoms with E-state index >= 15 is 0 Å². The van der Waals surface area contributed by atoms with Crippen LogP contribution in [0.15, 0.2) is 48.5 Å². The zero-order valence-electron chi connectivity index (χ0n) is 16.3. The molecule has 1 N–H and O–H groups in total. The zero-order chi connectivity index (χ0) is 20.8. The number of methoxy groups -OCH3 is 2. The summed E-state index contributed by atoms with van der Waals surface area (Å²) in [6, 6.07) is 14.2. The van der Waals surface area contributed by atoms with Gasteiger partial charge in [0.05, 0.1) is 20.3 Å². The van der Waals surface area contributed by atoms with Crippen molar-refractivity contribution in [3.05, 3.63) is 59.7 Å². The lowest BCUT2D eigenvalue weighted by Crippen LogP contribution is -2.70. The van der Waals surface area contributed by atoms with Crippen molar-refractivity contribution in [1.29, 1.82) is 0 Å². The Balaban J connectivity index is 1.59. The Morgan fingerprint density at radius 3 is 2.55 bits per heavy atom. The minimum atomic E-state index is -0.594. The lowest BCUT2D eigenvalue weighted by atomic mass is 9.95. The second kappa shape index (κ2) is 9.82. The summed E-state index contributed by atoms with van der Waals surface area (Å²) in [6.07, 6.45) is -0.594. The minimum absolute atomic E-state index is 0.112. The Bertz CT molecular complexity index is 861. The van der Waals surface area contributed by atoms with Gasteiger partial charge in [0.25, 0.3) is 0 Å². The number of carbonyl (C=O) groups excluding carboxylic acids is 2. The smallest absolute Gasteiger partial charge is 0.408 e. The van der Waals surface area contributed by atoms with E-state index in [1.54, 1.807) is 25.2 Å². The van der Waals surface area contributed by atoms with Crippen LogP contribution in [0.5, 0.6) is 11.5 Å². The zero-order valence-corrected chi connectivity index (χ0v) is 18.4. The molecule has 2 aromatic carbocycles. The molecular formula is C21H23IN2O5. The highest BCUT2D eigenvalue weighted by atomic mass is 127. The monoisotopic (exact) mass is 510 g/mol. The summed E-state index contributed by atoms with van der Waals surface area (Å²) in [5.74, 6) is 1.20. The maximum Gasteiger partial charge on any atom is 0.408 e. The van der Waals surface area contributed by atoms with Gasteiger partial charge in [0.15, 0.2) is 0 Å². The van der Waals surface area contributed by atoms with Crippen LogP contribution in [-0.4, -0.2) is 47.6 Å². The first kappa shape index (κ1) is 21.2. The number of likely N-dealkylation sites (tertiary alicyclic amines) is 1. The fourth-order valence-electron chi connectivity index (χ4n) is 3.19. The normalized spacial score (nSPS) is 18.0. The number of β-lactam (4-membered cyclic amide) rings is 1. The van der Waals surface area contributed by atoms with Crippen molar-refractivity contribution in [2.45, 2.75) is 25.2 Å². The second-order valence-corrected chi connectivity index (χ2v) is 7.43. The van der Waals surface area contributed by atoms with E-state index < -0.39 is 12.1 Å². The SMILES string of the molecule is COc1ccc(CN2C(=O)[C@H](NC(=O)OCc3ccccc3)[C@@H]2CI)c(OC)c1. The van der Waals surface area contributed by atoms with Gasteiger partial charge in [-0.05, 0) is 17.7 Å². The first-order valence-corrected chi connectivity index (χ1v) is 10.6. The Hall–Kier alpha value is -2.49. The summed E-state index contributed by atoms with van der Waals surface area (Å²) in [4.78, 5) is 26.5. The molecule has 1 heterocycles. The molecule has 2 amide bonds. The molecule has 0 saturated carbocycles. The van der Waals surface area contributed by atoms with Gasteiger partial charge in [-0.25, -0.2) is 4.79 Å². The van der Waals surface area contributed by atoms with Gasteiger partial charge in [0.2, 0.25) is 5.91 Å². The number of carbonyl (C=O) groups is 2. The third kappa shape index (κ3) is 4.92. The number of ether oxygens (including phenoxy) is 3. The van der Waals surface area contributed by atoms with E-state index in [4.69, 9.17) is 14.2 Å². The molecule has 0 aliphatic carbocycles. The average molecular weight is 510 g/mol. The topological polar surface area (TPSA) is 77.1 Å². The molecule has 0 bridgehead atoms. The van der Waals surface area contributed by atoms with Crippen molar-refractivity contribution in [3.8, 4) is 11.5 Å². The summed E-state index contributed by atoms with van der Waals surface area (Å²) in [5.41, 5.74) is 1.77. The third-order valence-electron chi connectivity index (χ3n) is 4.81. The Labute approximate surface area is 183 Å². The molecule has 7 nitrogen and oxygen atoms in total. The molecule has 2 aromatic rings. The maximum absolute atomic E-state index is 12.7. The Morgan fingerprint density at radius 2 is 1.90 bits per heavy atom. The lowest BCUT2D eigenvalue weighted by Gasteiger charge is -2.46. The predicted octanol–water partition coefficient (Wildman–Crippen LogP) is 3.14. The number of benzene rings is 2.